The number of piperazine rings is 1. The fraction of sp³-hybridized carbons (Fsp3) is 0.375. The topological polar surface area (TPSA) is 36.4 Å². The number of hydrogen-bond acceptors (Lipinski definition) is 5. The van der Waals surface area contributed by atoms with Crippen LogP contribution >= 0.6 is 23.1 Å². The smallest absolute Gasteiger partial charge is 0.233 e. The van der Waals surface area contributed by atoms with E-state index in [0.717, 1.165) is 10.0 Å². The molecule has 1 saturated heterocycles. The minimum absolute atomic E-state index is 0.121. The van der Waals surface area contributed by atoms with Crippen molar-refractivity contribution in [2.75, 3.05) is 36.8 Å². The van der Waals surface area contributed by atoms with E-state index in [9.17, 15) is 9.18 Å². The van der Waals surface area contributed by atoms with Crippen molar-refractivity contribution in [2.24, 2.45) is 0 Å². The van der Waals surface area contributed by atoms with Crippen LogP contribution < -0.4 is 4.90 Å². The molecule has 1 aromatic heterocycles. The molecule has 4 nitrogen and oxygen atoms in total. The zero-order valence-electron chi connectivity index (χ0n) is 12.9. The number of anilines is 1. The maximum Gasteiger partial charge on any atom is 0.233 e. The first-order chi connectivity index (χ1) is 11.1. The summed E-state index contributed by atoms with van der Waals surface area (Å²) in [5, 5.41) is 1.99. The first kappa shape index (κ1) is 16.3. The molecular formula is C16H18FN3OS2. The number of aryl methyl sites for hydroxylation is 1. The number of para-hydroxylation sites is 1. The Hall–Kier alpha value is -1.60. The van der Waals surface area contributed by atoms with Gasteiger partial charge in [-0.15, -0.1) is 11.3 Å². The highest BCUT2D eigenvalue weighted by molar-refractivity contribution is 8.01. The zero-order chi connectivity index (χ0) is 16.2. The predicted octanol–water partition coefficient (Wildman–Crippen LogP) is 3.03. The van der Waals surface area contributed by atoms with E-state index >= 15 is 0 Å². The van der Waals surface area contributed by atoms with Gasteiger partial charge in [0.25, 0.3) is 0 Å². The normalized spacial score (nSPS) is 15.0. The molecule has 0 atom stereocenters. The van der Waals surface area contributed by atoms with Gasteiger partial charge in [0.15, 0.2) is 4.34 Å². The monoisotopic (exact) mass is 351 g/mol. The molecule has 2 heterocycles. The van der Waals surface area contributed by atoms with Gasteiger partial charge in [0, 0.05) is 37.3 Å². The quantitative estimate of drug-likeness (QED) is 0.794. The van der Waals surface area contributed by atoms with Crippen LogP contribution in [-0.2, 0) is 4.79 Å². The van der Waals surface area contributed by atoms with E-state index in [1.54, 1.807) is 23.5 Å². The highest BCUT2D eigenvalue weighted by Crippen LogP contribution is 2.23. The van der Waals surface area contributed by atoms with Crippen molar-refractivity contribution in [3.05, 3.63) is 41.2 Å². The van der Waals surface area contributed by atoms with Crippen LogP contribution in [0.25, 0.3) is 0 Å². The number of carbonyl (C=O) groups excluding carboxylic acids is 1. The number of rotatable bonds is 4. The van der Waals surface area contributed by atoms with Crippen molar-refractivity contribution in [3.8, 4) is 0 Å². The van der Waals surface area contributed by atoms with E-state index in [0.29, 0.717) is 37.6 Å². The summed E-state index contributed by atoms with van der Waals surface area (Å²) in [5.74, 6) is 0.324. The van der Waals surface area contributed by atoms with Gasteiger partial charge in [-0.3, -0.25) is 4.79 Å². The summed E-state index contributed by atoms with van der Waals surface area (Å²) in [7, 11) is 0. The molecule has 23 heavy (non-hydrogen) atoms. The molecule has 0 aliphatic carbocycles. The molecule has 1 aliphatic heterocycles. The Labute approximate surface area is 143 Å². The Bertz CT molecular complexity index is 683. The Kier molecular flexibility index (Phi) is 5.17. The lowest BCUT2D eigenvalue weighted by Gasteiger charge is -2.36. The van der Waals surface area contributed by atoms with Crippen molar-refractivity contribution in [1.29, 1.82) is 0 Å². The van der Waals surface area contributed by atoms with Crippen molar-refractivity contribution in [3.63, 3.8) is 0 Å². The Morgan fingerprint density at radius 3 is 2.70 bits per heavy atom. The highest BCUT2D eigenvalue weighted by atomic mass is 32.2. The Morgan fingerprint density at radius 1 is 1.30 bits per heavy atom. The molecule has 1 aromatic carbocycles. The van der Waals surface area contributed by atoms with Crippen LogP contribution in [0.5, 0.6) is 0 Å². The van der Waals surface area contributed by atoms with Gasteiger partial charge in [-0.25, -0.2) is 9.37 Å². The first-order valence-electron chi connectivity index (χ1n) is 7.45. The number of nitrogens with zero attached hydrogens (tertiary/aromatic N) is 3. The van der Waals surface area contributed by atoms with Gasteiger partial charge in [0.2, 0.25) is 5.91 Å². The van der Waals surface area contributed by atoms with E-state index in [4.69, 9.17) is 0 Å². The summed E-state index contributed by atoms with van der Waals surface area (Å²) < 4.78 is 14.7. The lowest BCUT2D eigenvalue weighted by molar-refractivity contribution is -0.128. The molecule has 0 N–H and O–H groups in total. The molecule has 3 rings (SSSR count). The number of aromatic nitrogens is 1. The van der Waals surface area contributed by atoms with Crippen molar-refractivity contribution in [1.82, 2.24) is 9.88 Å². The van der Waals surface area contributed by atoms with Crippen LogP contribution in [0.15, 0.2) is 34.0 Å². The van der Waals surface area contributed by atoms with Crippen LogP contribution in [0.3, 0.4) is 0 Å². The molecule has 2 aromatic rings. The maximum absolute atomic E-state index is 13.8. The molecule has 0 unspecified atom stereocenters. The van der Waals surface area contributed by atoms with Gasteiger partial charge in [-0.1, -0.05) is 23.9 Å². The summed E-state index contributed by atoms with van der Waals surface area (Å²) in [5.41, 5.74) is 1.61. The third-order valence-electron chi connectivity index (χ3n) is 3.74. The van der Waals surface area contributed by atoms with Gasteiger partial charge >= 0.3 is 0 Å². The summed E-state index contributed by atoms with van der Waals surface area (Å²) in [6.45, 7) is 4.53. The number of thioether (sulfide) groups is 1. The second kappa shape index (κ2) is 7.31. The molecule has 0 bridgehead atoms. The molecule has 0 radical (unpaired) electrons. The van der Waals surface area contributed by atoms with Gasteiger partial charge in [0.05, 0.1) is 11.4 Å². The third-order valence-corrected chi connectivity index (χ3v) is 5.87. The van der Waals surface area contributed by atoms with Crippen LogP contribution in [-0.4, -0.2) is 47.7 Å². The van der Waals surface area contributed by atoms with Crippen LogP contribution in [0.1, 0.15) is 5.69 Å². The van der Waals surface area contributed by atoms with E-state index in [1.165, 1.54) is 17.8 Å². The van der Waals surface area contributed by atoms with Crippen molar-refractivity contribution >= 4 is 34.7 Å². The molecule has 1 aliphatic rings. The fourth-order valence-electron chi connectivity index (χ4n) is 2.52. The summed E-state index contributed by atoms with van der Waals surface area (Å²) in [6.07, 6.45) is 0. The fourth-order valence-corrected chi connectivity index (χ4v) is 4.27. The minimum atomic E-state index is -0.207. The molecule has 0 spiro atoms. The largest absolute Gasteiger partial charge is 0.366 e. The summed E-state index contributed by atoms with van der Waals surface area (Å²) in [6, 6.07) is 6.78. The van der Waals surface area contributed by atoms with Crippen molar-refractivity contribution in [2.45, 2.75) is 11.3 Å². The highest BCUT2D eigenvalue weighted by Gasteiger charge is 2.22. The number of halogens is 1. The zero-order valence-corrected chi connectivity index (χ0v) is 14.5. The lowest BCUT2D eigenvalue weighted by atomic mass is 10.2. The van der Waals surface area contributed by atoms with Gasteiger partial charge < -0.3 is 9.80 Å². The van der Waals surface area contributed by atoms with E-state index in [1.807, 2.05) is 28.2 Å². The maximum atomic E-state index is 13.8. The van der Waals surface area contributed by atoms with E-state index < -0.39 is 0 Å². The van der Waals surface area contributed by atoms with E-state index in [-0.39, 0.29) is 11.7 Å². The van der Waals surface area contributed by atoms with Gasteiger partial charge in [0.1, 0.15) is 5.82 Å². The number of thiazole rings is 1. The first-order valence-corrected chi connectivity index (χ1v) is 9.32. The SMILES string of the molecule is Cc1csc(SCC(=O)N2CCN(c3ccccc3F)CC2)n1. The molecule has 122 valence electrons. The number of hydrogen-bond donors (Lipinski definition) is 0. The number of benzene rings is 1. The molecular weight excluding hydrogens is 333 g/mol. The van der Waals surface area contributed by atoms with Crippen LogP contribution in [0.4, 0.5) is 10.1 Å². The van der Waals surface area contributed by atoms with E-state index in [2.05, 4.69) is 4.98 Å². The number of amides is 1. The van der Waals surface area contributed by atoms with Crippen LogP contribution in [0.2, 0.25) is 0 Å². The summed E-state index contributed by atoms with van der Waals surface area (Å²) in [4.78, 5) is 20.5. The Balaban J connectivity index is 1.50. The van der Waals surface area contributed by atoms with Gasteiger partial charge in [-0.2, -0.15) is 0 Å². The minimum Gasteiger partial charge on any atom is -0.366 e. The van der Waals surface area contributed by atoms with Crippen LogP contribution in [0, 0.1) is 12.7 Å². The molecule has 7 heteroatoms. The Morgan fingerprint density at radius 2 is 2.04 bits per heavy atom. The second-order valence-electron chi connectivity index (χ2n) is 5.36. The third kappa shape index (κ3) is 4.03. The second-order valence-corrected chi connectivity index (χ2v) is 7.44. The number of carbonyl (C=O) groups is 1. The van der Waals surface area contributed by atoms with Crippen molar-refractivity contribution < 1.29 is 9.18 Å². The average molecular weight is 351 g/mol. The van der Waals surface area contributed by atoms with Gasteiger partial charge in [-0.05, 0) is 19.1 Å². The standard InChI is InChI=1S/C16H18FN3OS2/c1-12-10-22-16(18-12)23-11-15(21)20-8-6-19(7-9-20)14-5-3-2-4-13(14)17/h2-5,10H,6-9,11H2,1H3. The molecule has 1 amide bonds. The molecule has 0 saturated carbocycles. The average Bonchev–Trinajstić information content (AvgIpc) is 2.99. The molecule has 1 fully saturated rings. The summed E-state index contributed by atoms with van der Waals surface area (Å²) >= 11 is 3.05. The lowest BCUT2D eigenvalue weighted by Crippen LogP contribution is -2.49. The predicted molar refractivity (Wildman–Crippen MR) is 92.8 cm³/mol.